The minimum absolute atomic E-state index is 0.255. The van der Waals surface area contributed by atoms with E-state index in [9.17, 15) is 25.2 Å². The number of amides is 1. The minimum atomic E-state index is -1.52. The van der Waals surface area contributed by atoms with E-state index in [1.807, 2.05) is 19.1 Å². The highest BCUT2D eigenvalue weighted by Crippen LogP contribution is 2.30. The number of rotatable bonds is 6. The second-order valence-corrected chi connectivity index (χ2v) is 8.07. The minimum Gasteiger partial charge on any atom is -0.462 e. The van der Waals surface area contributed by atoms with Crippen LogP contribution in [0.3, 0.4) is 0 Å². The third-order valence-electron chi connectivity index (χ3n) is 5.64. The lowest BCUT2D eigenvalue weighted by atomic mass is 9.99. The highest BCUT2D eigenvalue weighted by Gasteiger charge is 2.44. The third kappa shape index (κ3) is 5.09. The molecule has 0 radical (unpaired) electrons. The van der Waals surface area contributed by atoms with Crippen LogP contribution in [0.4, 0.5) is 5.69 Å². The molecule has 5 atom stereocenters. The van der Waals surface area contributed by atoms with Gasteiger partial charge in [-0.05, 0) is 60.0 Å². The fraction of sp³-hybridized carbons (Fsp3) is 0.280. The summed E-state index contributed by atoms with van der Waals surface area (Å²) in [7, 11) is 0. The van der Waals surface area contributed by atoms with Crippen LogP contribution in [0.1, 0.15) is 15.9 Å². The van der Waals surface area contributed by atoms with Crippen molar-refractivity contribution in [3.05, 3.63) is 78.1 Å². The van der Waals surface area contributed by atoms with Crippen molar-refractivity contribution in [2.24, 2.45) is 0 Å². The fourth-order valence-electron chi connectivity index (χ4n) is 3.73. The number of nitrogens with one attached hydrogen (secondary N) is 1. The Morgan fingerprint density at radius 2 is 1.82 bits per heavy atom. The van der Waals surface area contributed by atoms with E-state index in [4.69, 9.17) is 9.47 Å². The van der Waals surface area contributed by atoms with E-state index >= 15 is 0 Å². The summed E-state index contributed by atoms with van der Waals surface area (Å²) in [5.41, 5.74) is 3.47. The smallest absolute Gasteiger partial charge is 0.255 e. The van der Waals surface area contributed by atoms with E-state index in [1.54, 1.807) is 54.9 Å². The van der Waals surface area contributed by atoms with E-state index in [2.05, 4.69) is 10.3 Å². The van der Waals surface area contributed by atoms with Gasteiger partial charge in [-0.25, -0.2) is 0 Å². The Balaban J connectivity index is 1.50. The van der Waals surface area contributed by atoms with E-state index in [-0.39, 0.29) is 5.91 Å². The average molecular weight is 466 g/mol. The van der Waals surface area contributed by atoms with Crippen LogP contribution in [-0.2, 0) is 4.74 Å². The van der Waals surface area contributed by atoms with Gasteiger partial charge in [-0.1, -0.05) is 18.2 Å². The SMILES string of the molecule is Cc1cc(-c2cccc(C(=O)Nc3cccnc3)c2)ccc1OC1OC(CO)C(O)C(O)C1O. The number of anilines is 1. The predicted molar refractivity (Wildman–Crippen MR) is 123 cm³/mol. The summed E-state index contributed by atoms with van der Waals surface area (Å²) < 4.78 is 11.2. The number of aliphatic hydroxyl groups excluding tert-OH is 4. The summed E-state index contributed by atoms with van der Waals surface area (Å²) in [4.78, 5) is 16.6. The molecule has 1 aliphatic heterocycles. The standard InChI is InChI=1S/C25H26N2O7/c1-14-10-16(7-8-19(14)33-25-23(31)22(30)21(29)20(13-28)34-25)15-4-2-5-17(11-15)24(32)27-18-6-3-9-26-12-18/h2-12,20-23,25,28-31H,13H2,1H3,(H,27,32). The van der Waals surface area contributed by atoms with Crippen LogP contribution in [0.25, 0.3) is 11.1 Å². The molecule has 5 unspecified atom stereocenters. The van der Waals surface area contributed by atoms with Gasteiger partial charge in [0, 0.05) is 11.8 Å². The fourth-order valence-corrected chi connectivity index (χ4v) is 3.73. The molecule has 1 fully saturated rings. The summed E-state index contributed by atoms with van der Waals surface area (Å²) in [5.74, 6) is 0.146. The van der Waals surface area contributed by atoms with Crippen molar-refractivity contribution >= 4 is 11.6 Å². The molecule has 9 heteroatoms. The maximum absolute atomic E-state index is 12.6. The molecule has 178 valence electrons. The molecule has 2 aromatic carbocycles. The molecule has 0 saturated carbocycles. The van der Waals surface area contributed by atoms with Gasteiger partial charge in [0.2, 0.25) is 6.29 Å². The zero-order valence-electron chi connectivity index (χ0n) is 18.4. The molecule has 5 N–H and O–H groups in total. The average Bonchev–Trinajstić information content (AvgIpc) is 2.86. The summed E-state index contributed by atoms with van der Waals surface area (Å²) >= 11 is 0. The number of hydrogen-bond donors (Lipinski definition) is 5. The van der Waals surface area contributed by atoms with E-state index in [0.717, 1.165) is 16.7 Å². The van der Waals surface area contributed by atoms with Crippen molar-refractivity contribution in [3.63, 3.8) is 0 Å². The molecule has 4 rings (SSSR count). The number of aliphatic hydroxyl groups is 4. The molecule has 0 spiro atoms. The Morgan fingerprint density at radius 3 is 2.53 bits per heavy atom. The zero-order valence-corrected chi connectivity index (χ0v) is 18.4. The predicted octanol–water partition coefficient (Wildman–Crippen LogP) is 1.49. The van der Waals surface area contributed by atoms with Crippen LogP contribution >= 0.6 is 0 Å². The highest BCUT2D eigenvalue weighted by molar-refractivity contribution is 6.04. The molecule has 2 heterocycles. The molecule has 9 nitrogen and oxygen atoms in total. The van der Waals surface area contributed by atoms with Gasteiger partial charge in [0.15, 0.2) is 0 Å². The lowest BCUT2D eigenvalue weighted by molar-refractivity contribution is -0.277. The van der Waals surface area contributed by atoms with Gasteiger partial charge in [0.05, 0.1) is 18.5 Å². The first-order valence-corrected chi connectivity index (χ1v) is 10.8. The molecular formula is C25H26N2O7. The zero-order chi connectivity index (χ0) is 24.2. The third-order valence-corrected chi connectivity index (χ3v) is 5.64. The molecule has 34 heavy (non-hydrogen) atoms. The number of nitrogens with zero attached hydrogens (tertiary/aromatic N) is 1. The first kappa shape index (κ1) is 23.8. The molecule has 3 aromatic rings. The van der Waals surface area contributed by atoms with Crippen LogP contribution in [0.2, 0.25) is 0 Å². The second-order valence-electron chi connectivity index (χ2n) is 8.07. The maximum atomic E-state index is 12.6. The molecule has 0 aliphatic carbocycles. The Labute approximate surface area is 196 Å². The second kappa shape index (κ2) is 10.3. The van der Waals surface area contributed by atoms with Gasteiger partial charge in [0.1, 0.15) is 30.2 Å². The number of aryl methyl sites for hydroxylation is 1. The number of carbonyl (C=O) groups is 1. The molecule has 0 bridgehead atoms. The van der Waals surface area contributed by atoms with Gasteiger partial charge < -0.3 is 35.2 Å². The van der Waals surface area contributed by atoms with E-state index in [1.165, 1.54) is 0 Å². The van der Waals surface area contributed by atoms with Crippen LogP contribution in [0.15, 0.2) is 67.0 Å². The first-order valence-electron chi connectivity index (χ1n) is 10.8. The Bertz CT molecular complexity index is 1140. The monoisotopic (exact) mass is 466 g/mol. The summed E-state index contributed by atoms with van der Waals surface area (Å²) in [6.07, 6.45) is -3.58. The first-order chi connectivity index (χ1) is 16.4. The number of ether oxygens (including phenoxy) is 2. The van der Waals surface area contributed by atoms with Crippen molar-refractivity contribution in [1.82, 2.24) is 4.98 Å². The Hall–Kier alpha value is -3.34. The van der Waals surface area contributed by atoms with Crippen molar-refractivity contribution < 1.29 is 34.7 Å². The number of pyridine rings is 1. The van der Waals surface area contributed by atoms with Gasteiger partial charge >= 0.3 is 0 Å². The Kier molecular flexibility index (Phi) is 7.20. The van der Waals surface area contributed by atoms with Gasteiger partial charge in [-0.2, -0.15) is 0 Å². The number of benzene rings is 2. The maximum Gasteiger partial charge on any atom is 0.255 e. The molecule has 1 aliphatic rings. The lowest BCUT2D eigenvalue weighted by Crippen LogP contribution is -2.60. The number of aromatic nitrogens is 1. The Morgan fingerprint density at radius 1 is 1.03 bits per heavy atom. The molecule has 1 amide bonds. The largest absolute Gasteiger partial charge is 0.462 e. The summed E-state index contributed by atoms with van der Waals surface area (Å²) in [6, 6.07) is 16.0. The van der Waals surface area contributed by atoms with Crippen molar-refractivity contribution in [1.29, 1.82) is 0 Å². The van der Waals surface area contributed by atoms with E-state index in [0.29, 0.717) is 17.0 Å². The van der Waals surface area contributed by atoms with Gasteiger partial charge in [0.25, 0.3) is 5.91 Å². The lowest BCUT2D eigenvalue weighted by Gasteiger charge is -2.39. The normalized spacial score (nSPS) is 24.4. The topological polar surface area (TPSA) is 141 Å². The van der Waals surface area contributed by atoms with Crippen molar-refractivity contribution in [2.75, 3.05) is 11.9 Å². The molecule has 1 aromatic heterocycles. The van der Waals surface area contributed by atoms with Crippen LogP contribution in [0.5, 0.6) is 5.75 Å². The number of carbonyl (C=O) groups excluding carboxylic acids is 1. The van der Waals surface area contributed by atoms with E-state index < -0.39 is 37.3 Å². The summed E-state index contributed by atoms with van der Waals surface area (Å²) in [5, 5.41) is 42.2. The van der Waals surface area contributed by atoms with Gasteiger partial charge in [-0.3, -0.25) is 9.78 Å². The quantitative estimate of drug-likeness (QED) is 0.368. The highest BCUT2D eigenvalue weighted by atomic mass is 16.7. The molecular weight excluding hydrogens is 440 g/mol. The van der Waals surface area contributed by atoms with Crippen LogP contribution < -0.4 is 10.1 Å². The summed E-state index contributed by atoms with van der Waals surface area (Å²) in [6.45, 7) is 1.27. The molecule has 1 saturated heterocycles. The van der Waals surface area contributed by atoms with Crippen LogP contribution in [-0.4, -0.2) is 68.6 Å². The van der Waals surface area contributed by atoms with Crippen molar-refractivity contribution in [3.8, 4) is 16.9 Å². The van der Waals surface area contributed by atoms with Crippen molar-refractivity contribution in [2.45, 2.75) is 37.6 Å². The van der Waals surface area contributed by atoms with Gasteiger partial charge in [-0.15, -0.1) is 0 Å². The number of hydrogen-bond acceptors (Lipinski definition) is 8. The van der Waals surface area contributed by atoms with Crippen LogP contribution in [0, 0.1) is 6.92 Å².